The highest BCUT2D eigenvalue weighted by atomic mass is 16.1. The van der Waals surface area contributed by atoms with Gasteiger partial charge in [-0.1, -0.05) is 30.3 Å². The lowest BCUT2D eigenvalue weighted by molar-refractivity contribution is 0.559. The summed E-state index contributed by atoms with van der Waals surface area (Å²) in [4.78, 5) is 12.4. The van der Waals surface area contributed by atoms with Crippen molar-refractivity contribution >= 4 is 5.52 Å². The van der Waals surface area contributed by atoms with Crippen molar-refractivity contribution in [1.82, 2.24) is 14.2 Å². The van der Waals surface area contributed by atoms with Gasteiger partial charge in [-0.15, -0.1) is 0 Å². The second kappa shape index (κ2) is 4.94. The first-order chi connectivity index (χ1) is 9.65. The van der Waals surface area contributed by atoms with Crippen LogP contribution in [0.5, 0.6) is 0 Å². The Morgan fingerprint density at radius 1 is 1.25 bits per heavy atom. The number of aryl methyl sites for hydroxylation is 1. The molecule has 1 unspecified atom stereocenters. The zero-order valence-corrected chi connectivity index (χ0v) is 11.2. The normalized spacial score (nSPS) is 12.7. The summed E-state index contributed by atoms with van der Waals surface area (Å²) in [6.45, 7) is 2.32. The first-order valence-corrected chi connectivity index (χ1v) is 6.51. The van der Waals surface area contributed by atoms with E-state index in [1.807, 2.05) is 37.3 Å². The van der Waals surface area contributed by atoms with Crippen LogP contribution < -0.4 is 11.3 Å². The molecular weight excluding hydrogens is 252 g/mol. The van der Waals surface area contributed by atoms with Gasteiger partial charge in [0.05, 0.1) is 5.69 Å². The summed E-state index contributed by atoms with van der Waals surface area (Å²) in [6.07, 6.45) is 3.51. The van der Waals surface area contributed by atoms with Crippen molar-refractivity contribution in [3.8, 4) is 0 Å². The maximum Gasteiger partial charge on any atom is 0.276 e. The molecule has 3 aromatic rings. The molecule has 5 heteroatoms. The number of rotatable bonds is 3. The van der Waals surface area contributed by atoms with Gasteiger partial charge in [0.2, 0.25) is 0 Å². The zero-order valence-electron chi connectivity index (χ0n) is 11.2. The van der Waals surface area contributed by atoms with Gasteiger partial charge in [-0.25, -0.2) is 4.52 Å². The van der Waals surface area contributed by atoms with Crippen molar-refractivity contribution in [2.75, 3.05) is 0 Å². The zero-order chi connectivity index (χ0) is 14.1. The third-order valence-corrected chi connectivity index (χ3v) is 3.35. The minimum absolute atomic E-state index is 0.0699. The molecule has 0 radical (unpaired) electrons. The Morgan fingerprint density at radius 3 is 2.75 bits per heavy atom. The Hall–Kier alpha value is -2.40. The van der Waals surface area contributed by atoms with Crippen molar-refractivity contribution in [3.05, 3.63) is 70.4 Å². The molecule has 2 heterocycles. The minimum atomic E-state index is -0.208. The van der Waals surface area contributed by atoms with Crippen molar-refractivity contribution in [3.63, 3.8) is 0 Å². The molecule has 0 aliphatic carbocycles. The van der Waals surface area contributed by atoms with Gasteiger partial charge >= 0.3 is 0 Å². The quantitative estimate of drug-likeness (QED) is 0.783. The van der Waals surface area contributed by atoms with Gasteiger partial charge < -0.3 is 10.3 Å². The number of hydrogen-bond acceptors (Lipinski definition) is 3. The van der Waals surface area contributed by atoms with Gasteiger partial charge in [-0.2, -0.15) is 5.10 Å². The Balaban J connectivity index is 1.95. The highest BCUT2D eigenvalue weighted by Crippen LogP contribution is 2.11. The van der Waals surface area contributed by atoms with E-state index in [-0.39, 0.29) is 11.6 Å². The van der Waals surface area contributed by atoms with Gasteiger partial charge in [0.15, 0.2) is 0 Å². The fraction of sp³-hybridized carbons (Fsp3) is 0.200. The van der Waals surface area contributed by atoms with Crippen molar-refractivity contribution in [2.45, 2.75) is 19.5 Å². The van der Waals surface area contributed by atoms with Crippen molar-refractivity contribution in [1.29, 1.82) is 0 Å². The number of fused-ring (bicyclic) bond motifs is 1. The lowest BCUT2D eigenvalue weighted by atomic mass is 10.1. The Kier molecular flexibility index (Phi) is 3.12. The minimum Gasteiger partial charge on any atom is -0.322 e. The summed E-state index contributed by atoms with van der Waals surface area (Å²) in [7, 11) is 0. The largest absolute Gasteiger partial charge is 0.322 e. The Bertz CT molecular complexity index is 788. The van der Waals surface area contributed by atoms with Crippen LogP contribution in [0.25, 0.3) is 5.52 Å². The predicted octanol–water partition coefficient (Wildman–Crippen LogP) is 1.50. The average Bonchev–Trinajstić information content (AvgIpc) is 2.84. The van der Waals surface area contributed by atoms with E-state index in [0.29, 0.717) is 12.1 Å². The topological polar surface area (TPSA) is 65.3 Å². The monoisotopic (exact) mass is 268 g/mol. The van der Waals surface area contributed by atoms with Crippen LogP contribution in [0.4, 0.5) is 0 Å². The second-order valence-electron chi connectivity index (χ2n) is 4.89. The molecule has 0 saturated carbocycles. The summed E-state index contributed by atoms with van der Waals surface area (Å²) in [5, 5.41) is 4.22. The van der Waals surface area contributed by atoms with Crippen LogP contribution in [0.1, 0.15) is 17.3 Å². The summed E-state index contributed by atoms with van der Waals surface area (Å²) in [6, 6.07) is 11.4. The molecule has 0 saturated heterocycles. The van der Waals surface area contributed by atoms with E-state index < -0.39 is 0 Å². The number of nitrogens with two attached hydrogens (primary N) is 1. The van der Waals surface area contributed by atoms with Crippen LogP contribution in [0.3, 0.4) is 0 Å². The summed E-state index contributed by atoms with van der Waals surface area (Å²) < 4.78 is 3.23. The number of benzene rings is 1. The van der Waals surface area contributed by atoms with Crippen LogP contribution >= 0.6 is 0 Å². The molecular formula is C15H16N4O. The van der Waals surface area contributed by atoms with Gasteiger partial charge in [0.1, 0.15) is 5.52 Å². The van der Waals surface area contributed by atoms with Crippen LogP contribution in [-0.4, -0.2) is 14.2 Å². The molecule has 2 aromatic heterocycles. The summed E-state index contributed by atoms with van der Waals surface area (Å²) >= 11 is 0. The van der Waals surface area contributed by atoms with Crippen molar-refractivity contribution < 1.29 is 0 Å². The van der Waals surface area contributed by atoms with Gasteiger partial charge in [0.25, 0.3) is 5.56 Å². The molecule has 1 aromatic carbocycles. The highest BCUT2D eigenvalue weighted by molar-refractivity contribution is 5.44. The van der Waals surface area contributed by atoms with E-state index in [9.17, 15) is 4.79 Å². The van der Waals surface area contributed by atoms with Crippen LogP contribution in [-0.2, 0) is 6.54 Å². The third kappa shape index (κ3) is 2.23. The van der Waals surface area contributed by atoms with E-state index in [1.165, 1.54) is 0 Å². The molecule has 0 spiro atoms. The molecule has 102 valence electrons. The van der Waals surface area contributed by atoms with Crippen LogP contribution in [0.15, 0.2) is 53.6 Å². The molecule has 3 rings (SSSR count). The van der Waals surface area contributed by atoms with Gasteiger partial charge in [0, 0.05) is 25.0 Å². The Morgan fingerprint density at radius 2 is 2.00 bits per heavy atom. The lowest BCUT2D eigenvalue weighted by Gasteiger charge is -2.13. The average molecular weight is 268 g/mol. The van der Waals surface area contributed by atoms with E-state index in [0.717, 1.165) is 11.3 Å². The SMILES string of the molecule is Cc1cc2c(=O)n(CC(N)c3ccccc3)ccn2n1. The molecule has 20 heavy (non-hydrogen) atoms. The smallest absolute Gasteiger partial charge is 0.276 e. The highest BCUT2D eigenvalue weighted by Gasteiger charge is 2.10. The van der Waals surface area contributed by atoms with E-state index in [1.54, 1.807) is 27.5 Å². The number of hydrogen-bond donors (Lipinski definition) is 1. The van der Waals surface area contributed by atoms with Gasteiger partial charge in [-0.05, 0) is 18.6 Å². The maximum atomic E-state index is 12.4. The van der Waals surface area contributed by atoms with E-state index in [2.05, 4.69) is 5.10 Å². The third-order valence-electron chi connectivity index (χ3n) is 3.35. The molecule has 1 atom stereocenters. The number of aromatic nitrogens is 3. The van der Waals surface area contributed by atoms with Crippen molar-refractivity contribution in [2.24, 2.45) is 5.73 Å². The van der Waals surface area contributed by atoms with E-state index in [4.69, 9.17) is 5.73 Å². The molecule has 0 bridgehead atoms. The van der Waals surface area contributed by atoms with Crippen LogP contribution in [0.2, 0.25) is 0 Å². The lowest BCUT2D eigenvalue weighted by Crippen LogP contribution is -2.27. The molecule has 0 aliphatic rings. The Labute approximate surface area is 116 Å². The number of nitrogens with zero attached hydrogens (tertiary/aromatic N) is 3. The van der Waals surface area contributed by atoms with Gasteiger partial charge in [-0.3, -0.25) is 4.79 Å². The fourth-order valence-electron chi connectivity index (χ4n) is 2.31. The summed E-state index contributed by atoms with van der Waals surface area (Å²) in [5.74, 6) is 0. The van der Waals surface area contributed by atoms with E-state index >= 15 is 0 Å². The fourth-order valence-corrected chi connectivity index (χ4v) is 2.31. The standard InChI is InChI=1S/C15H16N4O/c1-11-9-14-15(20)18(7-8-19(14)17-11)10-13(16)12-5-3-2-4-6-12/h2-9,13H,10,16H2,1H3. The maximum absolute atomic E-state index is 12.4. The molecule has 0 aliphatic heterocycles. The van der Waals surface area contributed by atoms with Crippen LogP contribution in [0, 0.1) is 6.92 Å². The first kappa shape index (κ1) is 12.6. The second-order valence-corrected chi connectivity index (χ2v) is 4.89. The molecule has 0 amide bonds. The molecule has 5 nitrogen and oxygen atoms in total. The molecule has 2 N–H and O–H groups in total. The first-order valence-electron chi connectivity index (χ1n) is 6.51. The molecule has 0 fully saturated rings. The predicted molar refractivity (Wildman–Crippen MR) is 77.6 cm³/mol. The summed E-state index contributed by atoms with van der Waals surface area (Å²) in [5.41, 5.74) is 8.51.